The van der Waals surface area contributed by atoms with Gasteiger partial charge in [0.05, 0.1) is 25.5 Å². The zero-order valence-electron chi connectivity index (χ0n) is 9.78. The van der Waals surface area contributed by atoms with Crippen molar-refractivity contribution in [3.05, 3.63) is 24.2 Å². The lowest BCUT2D eigenvalue weighted by Gasteiger charge is -2.10. The highest BCUT2D eigenvalue weighted by Gasteiger charge is 2.15. The molecule has 1 aromatic rings. The van der Waals surface area contributed by atoms with Crippen molar-refractivity contribution in [2.75, 3.05) is 19.7 Å². The molecule has 1 aliphatic rings. The highest BCUT2D eigenvalue weighted by atomic mass is 16.5. The van der Waals surface area contributed by atoms with Crippen LogP contribution < -0.4 is 10.6 Å². The predicted molar refractivity (Wildman–Crippen MR) is 62.4 cm³/mol. The molecule has 1 unspecified atom stereocenters. The van der Waals surface area contributed by atoms with Crippen LogP contribution in [0.25, 0.3) is 0 Å². The predicted octanol–water partition coefficient (Wildman–Crippen LogP) is 0.664. The molecule has 17 heavy (non-hydrogen) atoms. The molecule has 2 rings (SSSR count). The van der Waals surface area contributed by atoms with Crippen molar-refractivity contribution < 1.29 is 13.9 Å². The summed E-state index contributed by atoms with van der Waals surface area (Å²) in [6.07, 6.45) is 3.95. The maximum absolute atomic E-state index is 11.5. The van der Waals surface area contributed by atoms with Crippen LogP contribution in [0, 0.1) is 0 Å². The molecule has 0 radical (unpaired) electrons. The van der Waals surface area contributed by atoms with E-state index in [2.05, 4.69) is 10.6 Å². The zero-order chi connectivity index (χ0) is 11.9. The van der Waals surface area contributed by atoms with Gasteiger partial charge in [0.1, 0.15) is 5.76 Å². The summed E-state index contributed by atoms with van der Waals surface area (Å²) in [7, 11) is 0. The second-order valence-electron chi connectivity index (χ2n) is 4.12. The molecule has 1 atom stereocenters. The first-order valence-electron chi connectivity index (χ1n) is 5.96. The van der Waals surface area contributed by atoms with E-state index in [0.29, 0.717) is 19.6 Å². The summed E-state index contributed by atoms with van der Waals surface area (Å²) in [5.74, 6) is 0.823. The first kappa shape index (κ1) is 12.1. The van der Waals surface area contributed by atoms with Crippen LogP contribution in [0.5, 0.6) is 0 Å². The van der Waals surface area contributed by atoms with Crippen LogP contribution in [0.15, 0.2) is 22.8 Å². The van der Waals surface area contributed by atoms with Crippen molar-refractivity contribution in [2.45, 2.75) is 25.5 Å². The molecule has 94 valence electrons. The van der Waals surface area contributed by atoms with E-state index in [1.807, 2.05) is 12.1 Å². The van der Waals surface area contributed by atoms with E-state index in [1.165, 1.54) is 0 Å². The second-order valence-corrected chi connectivity index (χ2v) is 4.12. The van der Waals surface area contributed by atoms with E-state index >= 15 is 0 Å². The SMILES string of the molecule is O=C(CNCc1ccco1)NCC1CCCO1. The number of amides is 1. The Labute approximate surface area is 101 Å². The number of ether oxygens (including phenoxy) is 1. The fourth-order valence-electron chi connectivity index (χ4n) is 1.81. The number of furan rings is 1. The van der Waals surface area contributed by atoms with Gasteiger partial charge in [0.25, 0.3) is 0 Å². The fraction of sp³-hybridized carbons (Fsp3) is 0.583. The number of carbonyl (C=O) groups is 1. The number of rotatable bonds is 6. The summed E-state index contributed by atoms with van der Waals surface area (Å²) in [6.45, 7) is 2.30. The summed E-state index contributed by atoms with van der Waals surface area (Å²) in [5.41, 5.74) is 0. The van der Waals surface area contributed by atoms with Gasteiger partial charge < -0.3 is 19.8 Å². The van der Waals surface area contributed by atoms with E-state index in [0.717, 1.165) is 25.2 Å². The van der Waals surface area contributed by atoms with Crippen molar-refractivity contribution >= 4 is 5.91 Å². The Balaban J connectivity index is 1.54. The van der Waals surface area contributed by atoms with Gasteiger partial charge in [-0.25, -0.2) is 0 Å². The van der Waals surface area contributed by atoms with Crippen LogP contribution in [-0.4, -0.2) is 31.7 Å². The van der Waals surface area contributed by atoms with Crippen LogP contribution in [-0.2, 0) is 16.1 Å². The number of carbonyl (C=O) groups excluding carboxylic acids is 1. The number of nitrogens with one attached hydrogen (secondary N) is 2. The summed E-state index contributed by atoms with van der Waals surface area (Å²) in [5, 5.41) is 5.86. The largest absolute Gasteiger partial charge is 0.468 e. The molecule has 0 saturated carbocycles. The monoisotopic (exact) mass is 238 g/mol. The summed E-state index contributed by atoms with van der Waals surface area (Å²) < 4.78 is 10.6. The molecule has 1 aliphatic heterocycles. The molecule has 1 aromatic heterocycles. The van der Waals surface area contributed by atoms with Gasteiger partial charge in [0, 0.05) is 13.2 Å². The van der Waals surface area contributed by atoms with Crippen molar-refractivity contribution in [2.24, 2.45) is 0 Å². The standard InChI is InChI=1S/C12H18N2O3/c15-12(14-8-11-4-2-6-17-11)9-13-7-10-3-1-5-16-10/h1,3,5,11,13H,2,4,6-9H2,(H,14,15). The van der Waals surface area contributed by atoms with Crippen LogP contribution in [0.4, 0.5) is 0 Å². The topological polar surface area (TPSA) is 63.5 Å². The molecule has 0 spiro atoms. The van der Waals surface area contributed by atoms with Crippen LogP contribution in [0.1, 0.15) is 18.6 Å². The lowest BCUT2D eigenvalue weighted by molar-refractivity contribution is -0.120. The fourth-order valence-corrected chi connectivity index (χ4v) is 1.81. The van der Waals surface area contributed by atoms with Crippen LogP contribution in [0.3, 0.4) is 0 Å². The van der Waals surface area contributed by atoms with Gasteiger partial charge in [0.15, 0.2) is 0 Å². The molecule has 2 N–H and O–H groups in total. The first-order valence-corrected chi connectivity index (χ1v) is 5.96. The van der Waals surface area contributed by atoms with Gasteiger partial charge in [-0.15, -0.1) is 0 Å². The lowest BCUT2D eigenvalue weighted by atomic mass is 10.2. The smallest absolute Gasteiger partial charge is 0.234 e. The Morgan fingerprint density at radius 3 is 3.18 bits per heavy atom. The Kier molecular flexibility index (Phi) is 4.58. The van der Waals surface area contributed by atoms with Gasteiger partial charge in [0.2, 0.25) is 5.91 Å². The maximum atomic E-state index is 11.5. The summed E-state index contributed by atoms with van der Waals surface area (Å²) >= 11 is 0. The quantitative estimate of drug-likeness (QED) is 0.764. The van der Waals surface area contributed by atoms with E-state index in [4.69, 9.17) is 9.15 Å². The Morgan fingerprint density at radius 2 is 2.47 bits per heavy atom. The van der Waals surface area contributed by atoms with Gasteiger partial charge in [-0.05, 0) is 25.0 Å². The minimum Gasteiger partial charge on any atom is -0.468 e. The summed E-state index contributed by atoms with van der Waals surface area (Å²) in [6, 6.07) is 3.70. The molecular formula is C12H18N2O3. The molecule has 1 fully saturated rings. The number of hydrogen-bond donors (Lipinski definition) is 2. The highest BCUT2D eigenvalue weighted by Crippen LogP contribution is 2.10. The number of hydrogen-bond acceptors (Lipinski definition) is 4. The minimum atomic E-state index is -0.00736. The molecule has 0 bridgehead atoms. The normalized spacial score (nSPS) is 19.4. The minimum absolute atomic E-state index is 0.00736. The van der Waals surface area contributed by atoms with Gasteiger partial charge in [-0.2, -0.15) is 0 Å². The molecule has 1 saturated heterocycles. The highest BCUT2D eigenvalue weighted by molar-refractivity contribution is 5.77. The Hall–Kier alpha value is -1.33. The van der Waals surface area contributed by atoms with Crippen molar-refractivity contribution in [1.29, 1.82) is 0 Å². The molecule has 0 aliphatic carbocycles. The molecule has 1 amide bonds. The van der Waals surface area contributed by atoms with E-state index in [9.17, 15) is 4.79 Å². The Bertz CT molecular complexity index is 332. The van der Waals surface area contributed by atoms with E-state index in [-0.39, 0.29) is 12.0 Å². The molecule has 0 aromatic carbocycles. The van der Waals surface area contributed by atoms with Gasteiger partial charge in [-0.3, -0.25) is 4.79 Å². The van der Waals surface area contributed by atoms with Crippen molar-refractivity contribution in [3.8, 4) is 0 Å². The average molecular weight is 238 g/mol. The van der Waals surface area contributed by atoms with Gasteiger partial charge >= 0.3 is 0 Å². The van der Waals surface area contributed by atoms with Gasteiger partial charge in [-0.1, -0.05) is 0 Å². The Morgan fingerprint density at radius 1 is 1.53 bits per heavy atom. The zero-order valence-corrected chi connectivity index (χ0v) is 9.78. The van der Waals surface area contributed by atoms with E-state index < -0.39 is 0 Å². The summed E-state index contributed by atoms with van der Waals surface area (Å²) in [4.78, 5) is 11.5. The van der Waals surface area contributed by atoms with E-state index in [1.54, 1.807) is 6.26 Å². The molecule has 5 nitrogen and oxygen atoms in total. The van der Waals surface area contributed by atoms with Crippen molar-refractivity contribution in [1.82, 2.24) is 10.6 Å². The second kappa shape index (κ2) is 6.42. The molecule has 2 heterocycles. The maximum Gasteiger partial charge on any atom is 0.234 e. The lowest BCUT2D eigenvalue weighted by Crippen LogP contribution is -2.37. The molecular weight excluding hydrogens is 220 g/mol. The third kappa shape index (κ3) is 4.20. The first-order chi connectivity index (χ1) is 8.34. The molecule has 5 heteroatoms. The van der Waals surface area contributed by atoms with Crippen molar-refractivity contribution in [3.63, 3.8) is 0 Å². The van der Waals surface area contributed by atoms with Crippen LogP contribution >= 0.6 is 0 Å². The average Bonchev–Trinajstić information content (AvgIpc) is 2.99. The van der Waals surface area contributed by atoms with Crippen LogP contribution in [0.2, 0.25) is 0 Å². The third-order valence-electron chi connectivity index (χ3n) is 2.72. The third-order valence-corrected chi connectivity index (χ3v) is 2.72.